The SMILES string of the molecule is CCCCCCCCCCCCCCc1ccc2c(ccc3c2ccc2c3ccc3c4ccc5cc(CCCCCCCCCCCCCC)ccc5c4ccc32)c1. The lowest BCUT2D eigenvalue weighted by molar-refractivity contribution is 0.544. The first-order valence-electron chi connectivity index (χ1n) is 24.4. The third-order valence-electron chi connectivity index (χ3n) is 13.6. The van der Waals surface area contributed by atoms with Crippen LogP contribution in [0.5, 0.6) is 0 Å². The van der Waals surface area contributed by atoms with Crippen LogP contribution in [-0.2, 0) is 12.8 Å². The summed E-state index contributed by atoms with van der Waals surface area (Å²) in [6.45, 7) is 4.61. The minimum Gasteiger partial charge on any atom is -0.0654 e. The van der Waals surface area contributed by atoms with Gasteiger partial charge < -0.3 is 0 Å². The van der Waals surface area contributed by atoms with Crippen LogP contribution in [0.25, 0.3) is 64.6 Å². The van der Waals surface area contributed by atoms with E-state index >= 15 is 0 Å². The number of unbranched alkanes of at least 4 members (excludes halogenated alkanes) is 22. The second-order valence-electron chi connectivity index (χ2n) is 18.1. The van der Waals surface area contributed by atoms with Crippen LogP contribution in [0.15, 0.2) is 97.1 Å². The van der Waals surface area contributed by atoms with Gasteiger partial charge in [-0.1, -0.05) is 252 Å². The quantitative estimate of drug-likeness (QED) is 0.0380. The standard InChI is InChI=1S/C58H74/c1-3-5-7-9-11-13-15-17-19-21-23-25-27-45-29-33-49-47(43-45)31-35-53-51(49)37-39-57-55(53)41-42-56-54-36-32-48-44-46(30-34-50(48)52(54)38-40-58(56)57)28-26-24-22-20-18-16-14-12-10-8-6-4-2/h29-44H,3-28H2,1-2H3. The molecule has 0 aliphatic rings. The summed E-state index contributed by atoms with van der Waals surface area (Å²) in [4.78, 5) is 0. The van der Waals surface area contributed by atoms with Crippen LogP contribution >= 0.6 is 0 Å². The molecule has 0 saturated heterocycles. The topological polar surface area (TPSA) is 0 Å². The Bertz CT molecular complexity index is 2170. The lowest BCUT2D eigenvalue weighted by atomic mass is 9.90. The highest BCUT2D eigenvalue weighted by Crippen LogP contribution is 2.39. The summed E-state index contributed by atoms with van der Waals surface area (Å²) in [7, 11) is 0. The highest BCUT2D eigenvalue weighted by atomic mass is 14.2. The van der Waals surface area contributed by atoms with Gasteiger partial charge in [0.15, 0.2) is 0 Å². The maximum Gasteiger partial charge on any atom is -0.00987 e. The molecule has 0 amide bonds. The van der Waals surface area contributed by atoms with Crippen molar-refractivity contribution in [2.75, 3.05) is 0 Å². The highest BCUT2D eigenvalue weighted by molar-refractivity contribution is 6.26. The molecule has 306 valence electrons. The van der Waals surface area contributed by atoms with Crippen LogP contribution in [0.1, 0.15) is 179 Å². The van der Waals surface area contributed by atoms with Gasteiger partial charge in [0.1, 0.15) is 0 Å². The molecule has 0 spiro atoms. The van der Waals surface area contributed by atoms with Crippen molar-refractivity contribution in [3.8, 4) is 0 Å². The number of benzene rings is 7. The zero-order chi connectivity index (χ0) is 39.8. The predicted octanol–water partition coefficient (Wildman–Crippen LogP) is 19.1. The third kappa shape index (κ3) is 11.0. The molecule has 7 rings (SSSR count). The molecule has 0 aliphatic carbocycles. The Hall–Kier alpha value is -3.90. The first kappa shape index (κ1) is 42.2. The summed E-state index contributed by atoms with van der Waals surface area (Å²) in [5, 5.41) is 16.4. The van der Waals surface area contributed by atoms with E-state index < -0.39 is 0 Å². The van der Waals surface area contributed by atoms with Gasteiger partial charge in [-0.2, -0.15) is 0 Å². The molecule has 0 fully saturated rings. The van der Waals surface area contributed by atoms with Crippen molar-refractivity contribution in [2.45, 2.75) is 181 Å². The van der Waals surface area contributed by atoms with Crippen molar-refractivity contribution < 1.29 is 0 Å². The molecule has 0 heteroatoms. The largest absolute Gasteiger partial charge is 0.0654 e. The van der Waals surface area contributed by atoms with E-state index in [1.807, 2.05) is 0 Å². The molecule has 0 atom stereocenters. The Morgan fingerprint density at radius 3 is 0.741 bits per heavy atom. The van der Waals surface area contributed by atoms with Crippen molar-refractivity contribution in [1.29, 1.82) is 0 Å². The lowest BCUT2D eigenvalue weighted by Gasteiger charge is -2.13. The van der Waals surface area contributed by atoms with Gasteiger partial charge in [-0.25, -0.2) is 0 Å². The minimum absolute atomic E-state index is 1.19. The summed E-state index contributed by atoms with van der Waals surface area (Å²) in [6, 6.07) is 38.3. The molecule has 0 saturated carbocycles. The van der Waals surface area contributed by atoms with Crippen LogP contribution in [0.2, 0.25) is 0 Å². The van der Waals surface area contributed by atoms with Gasteiger partial charge in [0.05, 0.1) is 0 Å². The second kappa shape index (κ2) is 22.5. The highest BCUT2D eigenvalue weighted by Gasteiger charge is 2.12. The summed E-state index contributed by atoms with van der Waals surface area (Å²) in [5.41, 5.74) is 2.97. The Morgan fingerprint density at radius 1 is 0.224 bits per heavy atom. The van der Waals surface area contributed by atoms with E-state index in [2.05, 4.69) is 111 Å². The zero-order valence-corrected chi connectivity index (χ0v) is 36.6. The Balaban J connectivity index is 0.944. The molecular formula is C58H74. The third-order valence-corrected chi connectivity index (χ3v) is 13.6. The van der Waals surface area contributed by atoms with Gasteiger partial charge >= 0.3 is 0 Å². The van der Waals surface area contributed by atoms with E-state index in [1.165, 1.54) is 243 Å². The van der Waals surface area contributed by atoms with Gasteiger partial charge in [-0.15, -0.1) is 0 Å². The van der Waals surface area contributed by atoms with Crippen molar-refractivity contribution in [3.63, 3.8) is 0 Å². The van der Waals surface area contributed by atoms with Gasteiger partial charge in [-0.3, -0.25) is 0 Å². The maximum atomic E-state index is 2.46. The van der Waals surface area contributed by atoms with Gasteiger partial charge in [-0.05, 0) is 101 Å². The molecule has 0 aromatic heterocycles. The molecular weight excluding hydrogens is 697 g/mol. The normalized spacial score (nSPS) is 12.0. The number of hydrogen-bond acceptors (Lipinski definition) is 0. The fourth-order valence-electron chi connectivity index (χ4n) is 10.1. The summed E-state index contributed by atoms with van der Waals surface area (Å²) < 4.78 is 0. The number of aryl methyl sites for hydroxylation is 2. The molecule has 7 aromatic rings. The van der Waals surface area contributed by atoms with E-state index in [1.54, 1.807) is 0 Å². The molecule has 58 heavy (non-hydrogen) atoms. The zero-order valence-electron chi connectivity index (χ0n) is 36.6. The summed E-state index contributed by atoms with van der Waals surface area (Å²) in [5.74, 6) is 0. The summed E-state index contributed by atoms with van der Waals surface area (Å²) >= 11 is 0. The van der Waals surface area contributed by atoms with E-state index in [0.717, 1.165) is 0 Å². The van der Waals surface area contributed by atoms with Gasteiger partial charge in [0.25, 0.3) is 0 Å². The molecule has 0 aliphatic heterocycles. The predicted molar refractivity (Wildman–Crippen MR) is 261 cm³/mol. The lowest BCUT2D eigenvalue weighted by Crippen LogP contribution is -1.89. The number of fused-ring (bicyclic) bond motifs is 11. The molecule has 0 unspecified atom stereocenters. The van der Waals surface area contributed by atoms with Crippen LogP contribution in [0.3, 0.4) is 0 Å². The Kier molecular flexibility index (Phi) is 16.4. The van der Waals surface area contributed by atoms with Crippen molar-refractivity contribution in [3.05, 3.63) is 108 Å². The van der Waals surface area contributed by atoms with Gasteiger partial charge in [0, 0.05) is 0 Å². The van der Waals surface area contributed by atoms with Crippen LogP contribution in [-0.4, -0.2) is 0 Å². The van der Waals surface area contributed by atoms with E-state index in [4.69, 9.17) is 0 Å². The maximum absolute atomic E-state index is 2.46. The van der Waals surface area contributed by atoms with Crippen LogP contribution in [0.4, 0.5) is 0 Å². The molecule has 0 nitrogen and oxygen atoms in total. The fourth-order valence-corrected chi connectivity index (χ4v) is 10.1. The van der Waals surface area contributed by atoms with Crippen molar-refractivity contribution >= 4 is 64.6 Å². The average Bonchev–Trinajstić information content (AvgIpc) is 3.26. The summed E-state index contributed by atoms with van der Waals surface area (Å²) in [6.07, 6.45) is 36.1. The van der Waals surface area contributed by atoms with Gasteiger partial charge in [0.2, 0.25) is 0 Å². The number of hydrogen-bond donors (Lipinski definition) is 0. The first-order valence-corrected chi connectivity index (χ1v) is 24.4. The van der Waals surface area contributed by atoms with Crippen molar-refractivity contribution in [2.24, 2.45) is 0 Å². The van der Waals surface area contributed by atoms with E-state index in [-0.39, 0.29) is 0 Å². The van der Waals surface area contributed by atoms with E-state index in [0.29, 0.717) is 0 Å². The Morgan fingerprint density at radius 2 is 0.448 bits per heavy atom. The van der Waals surface area contributed by atoms with Crippen LogP contribution in [0, 0.1) is 0 Å². The second-order valence-corrected chi connectivity index (χ2v) is 18.1. The molecule has 0 heterocycles. The fraction of sp³-hybridized carbons (Fsp3) is 0.483. The molecule has 0 radical (unpaired) electrons. The smallest absolute Gasteiger partial charge is 0.00987 e. The Labute approximate surface area is 352 Å². The average molecular weight is 771 g/mol. The number of rotatable bonds is 26. The monoisotopic (exact) mass is 771 g/mol. The first-order chi connectivity index (χ1) is 28.7. The van der Waals surface area contributed by atoms with Crippen LogP contribution < -0.4 is 0 Å². The molecule has 0 N–H and O–H groups in total. The molecule has 0 bridgehead atoms. The van der Waals surface area contributed by atoms with E-state index in [9.17, 15) is 0 Å². The van der Waals surface area contributed by atoms with Crippen molar-refractivity contribution in [1.82, 2.24) is 0 Å². The molecule has 7 aromatic carbocycles. The minimum atomic E-state index is 1.19.